The zero-order chi connectivity index (χ0) is 5.54. The Kier molecular flexibility index (Phi) is 4.95. The Morgan fingerprint density at radius 3 is 2.86 bits per heavy atom. The van der Waals surface area contributed by atoms with Crippen molar-refractivity contribution in [2.75, 3.05) is 6.61 Å². The Bertz CT molecular complexity index is 66.6. The fourth-order valence-electron chi connectivity index (χ4n) is 0.235. The van der Waals surface area contributed by atoms with Crippen molar-refractivity contribution in [3.8, 4) is 6.07 Å². The van der Waals surface area contributed by atoms with Gasteiger partial charge in [-0.25, -0.2) is 5.90 Å². The van der Waals surface area contributed by atoms with Crippen LogP contribution < -0.4 is 5.90 Å². The van der Waals surface area contributed by atoms with E-state index in [1.54, 1.807) is 0 Å². The third-order valence-corrected chi connectivity index (χ3v) is 0.551. The molecule has 0 rings (SSSR count). The Hall–Kier alpha value is -0.590. The molecule has 0 atom stereocenters. The average molecular weight is 100 g/mol. The number of hydrogen-bond acceptors (Lipinski definition) is 3. The second kappa shape index (κ2) is 5.41. The first-order chi connectivity index (χ1) is 3.41. The third-order valence-electron chi connectivity index (χ3n) is 0.551. The van der Waals surface area contributed by atoms with Crippen molar-refractivity contribution >= 4 is 0 Å². The van der Waals surface area contributed by atoms with E-state index in [9.17, 15) is 0 Å². The fraction of sp³-hybridized carbons (Fsp3) is 0.750. The largest absolute Gasteiger partial charge is 0.305 e. The Balaban J connectivity index is 2.60. The Labute approximate surface area is 42.6 Å². The molecular formula is C4H8N2O. The van der Waals surface area contributed by atoms with Gasteiger partial charge in [-0.1, -0.05) is 0 Å². The third kappa shape index (κ3) is 5.41. The lowest BCUT2D eigenvalue weighted by Crippen LogP contribution is -1.99. The molecule has 0 aliphatic rings. The predicted octanol–water partition coefficient (Wildman–Crippen LogP) is 0.180. The van der Waals surface area contributed by atoms with E-state index in [2.05, 4.69) is 10.7 Å². The second-order valence-corrected chi connectivity index (χ2v) is 1.13. The van der Waals surface area contributed by atoms with E-state index in [0.717, 1.165) is 6.42 Å². The number of nitriles is 1. The van der Waals surface area contributed by atoms with Crippen molar-refractivity contribution in [1.29, 1.82) is 5.26 Å². The highest BCUT2D eigenvalue weighted by molar-refractivity contribution is 4.67. The van der Waals surface area contributed by atoms with Crippen LogP contribution in [0.15, 0.2) is 0 Å². The number of hydrogen-bond donors (Lipinski definition) is 1. The molecule has 0 aromatic heterocycles. The molecule has 0 unspecified atom stereocenters. The lowest BCUT2D eigenvalue weighted by atomic mass is 10.4. The van der Waals surface area contributed by atoms with E-state index in [1.165, 1.54) is 0 Å². The van der Waals surface area contributed by atoms with Gasteiger partial charge in [0.25, 0.3) is 0 Å². The first-order valence-corrected chi connectivity index (χ1v) is 2.10. The summed E-state index contributed by atoms with van der Waals surface area (Å²) in [6.45, 7) is 0.480. The van der Waals surface area contributed by atoms with Gasteiger partial charge in [-0.2, -0.15) is 5.26 Å². The maximum absolute atomic E-state index is 7.95. The van der Waals surface area contributed by atoms with Crippen molar-refractivity contribution in [2.45, 2.75) is 12.8 Å². The number of rotatable bonds is 3. The van der Waals surface area contributed by atoms with Gasteiger partial charge in [0.05, 0.1) is 12.7 Å². The minimum Gasteiger partial charge on any atom is -0.305 e. The molecule has 0 aliphatic heterocycles. The van der Waals surface area contributed by atoms with Crippen molar-refractivity contribution in [2.24, 2.45) is 5.90 Å². The minimum atomic E-state index is 0.480. The quantitative estimate of drug-likeness (QED) is 0.406. The summed E-state index contributed by atoms with van der Waals surface area (Å²) in [5.74, 6) is 4.66. The van der Waals surface area contributed by atoms with E-state index in [1.807, 2.05) is 6.07 Å². The zero-order valence-electron chi connectivity index (χ0n) is 4.05. The average Bonchev–Trinajstić information content (AvgIpc) is 1.69. The topological polar surface area (TPSA) is 59.0 Å². The number of nitrogens with two attached hydrogens (primary N) is 1. The van der Waals surface area contributed by atoms with Crippen LogP contribution in [0.3, 0.4) is 0 Å². The number of unbranched alkanes of at least 4 members (excludes halogenated alkanes) is 1. The van der Waals surface area contributed by atoms with Crippen LogP contribution >= 0.6 is 0 Å². The lowest BCUT2D eigenvalue weighted by molar-refractivity contribution is 0.136. The van der Waals surface area contributed by atoms with Crippen molar-refractivity contribution in [1.82, 2.24) is 0 Å². The van der Waals surface area contributed by atoms with Crippen LogP contribution in [0.2, 0.25) is 0 Å². The molecule has 3 nitrogen and oxygen atoms in total. The molecule has 2 N–H and O–H groups in total. The molecule has 0 aliphatic carbocycles. The SMILES string of the molecule is N#CCCCON. The maximum atomic E-state index is 7.95. The van der Waals surface area contributed by atoms with Crippen LogP contribution in [0, 0.1) is 11.3 Å². The molecule has 40 valence electrons. The van der Waals surface area contributed by atoms with E-state index < -0.39 is 0 Å². The van der Waals surface area contributed by atoms with E-state index >= 15 is 0 Å². The highest BCUT2D eigenvalue weighted by Gasteiger charge is 1.80. The molecule has 0 saturated carbocycles. The van der Waals surface area contributed by atoms with Crippen molar-refractivity contribution in [3.05, 3.63) is 0 Å². The molecule has 0 heterocycles. The van der Waals surface area contributed by atoms with Gasteiger partial charge in [0.1, 0.15) is 0 Å². The minimum absolute atomic E-state index is 0.480. The van der Waals surface area contributed by atoms with Gasteiger partial charge in [0, 0.05) is 6.42 Å². The van der Waals surface area contributed by atoms with E-state index in [0.29, 0.717) is 13.0 Å². The zero-order valence-corrected chi connectivity index (χ0v) is 4.05. The number of nitrogens with zero attached hydrogens (tertiary/aromatic N) is 1. The smallest absolute Gasteiger partial charge is 0.0689 e. The standard InChI is InChI=1S/C4H8N2O/c5-3-1-2-4-7-6/h1-2,4,6H2. The first kappa shape index (κ1) is 6.41. The van der Waals surface area contributed by atoms with Crippen LogP contribution in [-0.4, -0.2) is 6.61 Å². The van der Waals surface area contributed by atoms with Gasteiger partial charge < -0.3 is 4.84 Å². The second-order valence-electron chi connectivity index (χ2n) is 1.13. The van der Waals surface area contributed by atoms with Gasteiger partial charge in [-0.3, -0.25) is 0 Å². The van der Waals surface area contributed by atoms with Crippen LogP contribution in [-0.2, 0) is 4.84 Å². The molecule has 0 fully saturated rings. The van der Waals surface area contributed by atoms with E-state index in [-0.39, 0.29) is 0 Å². The molecule has 0 aromatic carbocycles. The first-order valence-electron chi connectivity index (χ1n) is 2.10. The summed E-state index contributed by atoms with van der Waals surface area (Å²) < 4.78 is 0. The molecule has 7 heavy (non-hydrogen) atoms. The highest BCUT2D eigenvalue weighted by atomic mass is 16.6. The normalized spacial score (nSPS) is 8.00. The monoisotopic (exact) mass is 100 g/mol. The summed E-state index contributed by atoms with van der Waals surface area (Å²) in [4.78, 5) is 4.19. The van der Waals surface area contributed by atoms with Gasteiger partial charge >= 0.3 is 0 Å². The maximum Gasteiger partial charge on any atom is 0.0689 e. The molecule has 0 spiro atoms. The fourth-order valence-corrected chi connectivity index (χ4v) is 0.235. The molecule has 0 saturated heterocycles. The van der Waals surface area contributed by atoms with Crippen molar-refractivity contribution < 1.29 is 4.84 Å². The Morgan fingerprint density at radius 1 is 1.71 bits per heavy atom. The van der Waals surface area contributed by atoms with E-state index in [4.69, 9.17) is 5.26 Å². The van der Waals surface area contributed by atoms with Gasteiger partial charge in [0.15, 0.2) is 0 Å². The van der Waals surface area contributed by atoms with Gasteiger partial charge in [-0.15, -0.1) is 0 Å². The summed E-state index contributed by atoms with van der Waals surface area (Å²) in [6, 6.07) is 1.97. The van der Waals surface area contributed by atoms with Crippen molar-refractivity contribution in [3.63, 3.8) is 0 Å². The molecule has 3 heteroatoms. The summed E-state index contributed by atoms with van der Waals surface area (Å²) in [5.41, 5.74) is 0. The van der Waals surface area contributed by atoms with Crippen LogP contribution in [0.25, 0.3) is 0 Å². The van der Waals surface area contributed by atoms with Crippen LogP contribution in [0.4, 0.5) is 0 Å². The van der Waals surface area contributed by atoms with Crippen LogP contribution in [0.1, 0.15) is 12.8 Å². The molecule has 0 radical (unpaired) electrons. The summed E-state index contributed by atoms with van der Waals surface area (Å²) in [7, 11) is 0. The lowest BCUT2D eigenvalue weighted by Gasteiger charge is -1.87. The van der Waals surface area contributed by atoms with Gasteiger partial charge in [-0.05, 0) is 6.42 Å². The molecule has 0 aromatic rings. The molecule has 0 amide bonds. The highest BCUT2D eigenvalue weighted by Crippen LogP contribution is 1.82. The molecule has 0 bridgehead atoms. The molecular weight excluding hydrogens is 92.1 g/mol. The summed E-state index contributed by atoms with van der Waals surface area (Å²) in [6.07, 6.45) is 1.25. The van der Waals surface area contributed by atoms with Gasteiger partial charge in [0.2, 0.25) is 0 Å². The van der Waals surface area contributed by atoms with Crippen LogP contribution in [0.5, 0.6) is 0 Å². The predicted molar refractivity (Wildman–Crippen MR) is 25.0 cm³/mol. The summed E-state index contributed by atoms with van der Waals surface area (Å²) >= 11 is 0. The summed E-state index contributed by atoms with van der Waals surface area (Å²) in [5, 5.41) is 7.95. The Morgan fingerprint density at radius 2 is 2.43 bits per heavy atom.